The van der Waals surface area contributed by atoms with Gasteiger partial charge in [0.25, 0.3) is 0 Å². The zero-order valence-corrected chi connectivity index (χ0v) is 11.8. The molecule has 100 valence electrons. The van der Waals surface area contributed by atoms with Crippen LogP contribution in [0.2, 0.25) is 0 Å². The van der Waals surface area contributed by atoms with E-state index in [-0.39, 0.29) is 0 Å². The second-order valence-electron chi connectivity index (χ2n) is 5.65. The van der Waals surface area contributed by atoms with Gasteiger partial charge in [0, 0.05) is 18.8 Å². The molecule has 2 rings (SSSR count). The molecule has 1 unspecified atom stereocenters. The monoisotopic (exact) mass is 247 g/mol. The van der Waals surface area contributed by atoms with Crippen molar-refractivity contribution in [3.8, 4) is 0 Å². The maximum absolute atomic E-state index is 4.53. The van der Waals surface area contributed by atoms with E-state index in [0.717, 1.165) is 24.8 Å². The fourth-order valence-corrected chi connectivity index (χ4v) is 2.60. The van der Waals surface area contributed by atoms with Crippen LogP contribution in [0.4, 0.5) is 5.82 Å². The summed E-state index contributed by atoms with van der Waals surface area (Å²) in [6.45, 7) is 10.1. The van der Waals surface area contributed by atoms with Crippen LogP contribution in [0.3, 0.4) is 0 Å². The number of pyridine rings is 1. The van der Waals surface area contributed by atoms with Crippen molar-refractivity contribution in [2.45, 2.75) is 39.7 Å². The smallest absolute Gasteiger partial charge is 0.128 e. The molecule has 1 aliphatic rings. The second kappa shape index (κ2) is 6.19. The van der Waals surface area contributed by atoms with Crippen molar-refractivity contribution in [3.63, 3.8) is 0 Å². The Hall–Kier alpha value is -1.09. The van der Waals surface area contributed by atoms with Crippen LogP contribution in [0.25, 0.3) is 0 Å². The maximum Gasteiger partial charge on any atom is 0.128 e. The number of nitrogens with one attached hydrogen (secondary N) is 1. The highest BCUT2D eigenvalue weighted by Crippen LogP contribution is 2.20. The van der Waals surface area contributed by atoms with Gasteiger partial charge in [0.1, 0.15) is 5.82 Å². The minimum absolute atomic E-state index is 0.501. The fraction of sp³-hybridized carbons (Fsp3) is 0.667. The van der Waals surface area contributed by atoms with Crippen LogP contribution >= 0.6 is 0 Å². The third-order valence-corrected chi connectivity index (χ3v) is 3.67. The summed E-state index contributed by atoms with van der Waals surface area (Å²) >= 11 is 0. The van der Waals surface area contributed by atoms with Gasteiger partial charge in [-0.15, -0.1) is 0 Å². The Morgan fingerprint density at radius 2 is 2.33 bits per heavy atom. The first-order valence-electron chi connectivity index (χ1n) is 7.07. The zero-order chi connectivity index (χ0) is 13.0. The number of anilines is 1. The number of hydrogen-bond acceptors (Lipinski definition) is 3. The Bertz CT molecular complexity index is 370. The molecular weight excluding hydrogens is 222 g/mol. The molecule has 0 amide bonds. The lowest BCUT2D eigenvalue weighted by molar-refractivity contribution is 0.370. The van der Waals surface area contributed by atoms with Gasteiger partial charge >= 0.3 is 0 Å². The average Bonchev–Trinajstić information content (AvgIpc) is 2.37. The average molecular weight is 247 g/mol. The highest BCUT2D eigenvalue weighted by Gasteiger charge is 2.19. The number of hydrogen-bond donors (Lipinski definition) is 1. The zero-order valence-electron chi connectivity index (χ0n) is 11.8. The Morgan fingerprint density at radius 1 is 1.50 bits per heavy atom. The van der Waals surface area contributed by atoms with Crippen LogP contribution in [0, 0.1) is 12.8 Å². The minimum Gasteiger partial charge on any atom is -0.354 e. The molecule has 2 heterocycles. The summed E-state index contributed by atoms with van der Waals surface area (Å²) in [5, 5.41) is 3.49. The number of aryl methyl sites for hydroxylation is 1. The second-order valence-corrected chi connectivity index (χ2v) is 5.65. The molecule has 1 aromatic rings. The van der Waals surface area contributed by atoms with Gasteiger partial charge < -0.3 is 10.2 Å². The first kappa shape index (κ1) is 13.3. The fourth-order valence-electron chi connectivity index (χ4n) is 2.60. The van der Waals surface area contributed by atoms with Gasteiger partial charge in [-0.05, 0) is 70.3 Å². The van der Waals surface area contributed by atoms with Crippen molar-refractivity contribution in [1.29, 1.82) is 0 Å². The molecule has 0 spiro atoms. The standard InChI is InChI=1S/C15H25N3/c1-12(2)18(11-14-5-4-7-16-10-14)15-9-13(3)6-8-17-15/h6,8-9,12,14,16H,4-5,7,10-11H2,1-3H3. The van der Waals surface area contributed by atoms with Gasteiger partial charge in [-0.1, -0.05) is 0 Å². The summed E-state index contributed by atoms with van der Waals surface area (Å²) < 4.78 is 0. The highest BCUT2D eigenvalue weighted by atomic mass is 15.2. The third kappa shape index (κ3) is 3.45. The Morgan fingerprint density at radius 3 is 2.94 bits per heavy atom. The van der Waals surface area contributed by atoms with Gasteiger partial charge in [-0.2, -0.15) is 0 Å². The largest absolute Gasteiger partial charge is 0.354 e. The van der Waals surface area contributed by atoms with E-state index in [1.807, 2.05) is 6.20 Å². The van der Waals surface area contributed by atoms with Crippen molar-refractivity contribution in [2.24, 2.45) is 5.92 Å². The molecule has 1 saturated heterocycles. The molecule has 18 heavy (non-hydrogen) atoms. The maximum atomic E-state index is 4.53. The molecule has 1 fully saturated rings. The van der Waals surface area contributed by atoms with Crippen molar-refractivity contribution in [3.05, 3.63) is 23.9 Å². The van der Waals surface area contributed by atoms with E-state index in [2.05, 4.69) is 48.1 Å². The summed E-state index contributed by atoms with van der Waals surface area (Å²) in [7, 11) is 0. The predicted molar refractivity (Wildman–Crippen MR) is 77.0 cm³/mol. The topological polar surface area (TPSA) is 28.2 Å². The van der Waals surface area contributed by atoms with Crippen LogP contribution in [0.15, 0.2) is 18.3 Å². The van der Waals surface area contributed by atoms with E-state index >= 15 is 0 Å². The van der Waals surface area contributed by atoms with E-state index < -0.39 is 0 Å². The van der Waals surface area contributed by atoms with E-state index in [0.29, 0.717) is 6.04 Å². The first-order valence-corrected chi connectivity index (χ1v) is 7.07. The summed E-state index contributed by atoms with van der Waals surface area (Å²) in [5.74, 6) is 1.87. The third-order valence-electron chi connectivity index (χ3n) is 3.67. The van der Waals surface area contributed by atoms with Gasteiger partial charge in [-0.3, -0.25) is 0 Å². The number of piperidine rings is 1. The SMILES string of the molecule is Cc1ccnc(N(CC2CCCNC2)C(C)C)c1. The first-order chi connectivity index (χ1) is 8.66. The predicted octanol–water partition coefficient (Wildman–Crippen LogP) is 2.60. The van der Waals surface area contributed by atoms with Crippen molar-refractivity contribution in [2.75, 3.05) is 24.5 Å². The molecule has 1 aliphatic heterocycles. The van der Waals surface area contributed by atoms with Crippen LogP contribution < -0.4 is 10.2 Å². The number of nitrogens with zero attached hydrogens (tertiary/aromatic N) is 2. The normalized spacial score (nSPS) is 20.1. The van der Waals surface area contributed by atoms with Crippen LogP contribution in [0.5, 0.6) is 0 Å². The molecule has 0 bridgehead atoms. The van der Waals surface area contributed by atoms with Gasteiger partial charge in [0.2, 0.25) is 0 Å². The molecule has 0 radical (unpaired) electrons. The van der Waals surface area contributed by atoms with Gasteiger partial charge in [0.05, 0.1) is 0 Å². The molecule has 3 nitrogen and oxygen atoms in total. The Labute approximate surface area is 111 Å². The van der Waals surface area contributed by atoms with Crippen molar-refractivity contribution >= 4 is 5.82 Å². The molecule has 1 aromatic heterocycles. The van der Waals surface area contributed by atoms with Gasteiger partial charge in [-0.25, -0.2) is 4.98 Å². The molecule has 1 atom stereocenters. The van der Waals surface area contributed by atoms with Gasteiger partial charge in [0.15, 0.2) is 0 Å². The van der Waals surface area contributed by atoms with E-state index in [4.69, 9.17) is 0 Å². The molecule has 3 heteroatoms. The quantitative estimate of drug-likeness (QED) is 0.886. The lowest BCUT2D eigenvalue weighted by atomic mass is 9.98. The van der Waals surface area contributed by atoms with E-state index in [1.165, 1.54) is 24.9 Å². The summed E-state index contributed by atoms with van der Waals surface area (Å²) in [4.78, 5) is 6.97. The molecule has 0 saturated carbocycles. The lowest BCUT2D eigenvalue weighted by Crippen LogP contribution is -2.41. The van der Waals surface area contributed by atoms with E-state index in [9.17, 15) is 0 Å². The Balaban J connectivity index is 2.07. The minimum atomic E-state index is 0.501. The van der Waals surface area contributed by atoms with Crippen molar-refractivity contribution < 1.29 is 0 Å². The molecular formula is C15H25N3. The summed E-state index contributed by atoms with van der Waals surface area (Å²) in [6.07, 6.45) is 4.55. The van der Waals surface area contributed by atoms with Crippen LogP contribution in [-0.4, -0.2) is 30.7 Å². The van der Waals surface area contributed by atoms with Crippen LogP contribution in [0.1, 0.15) is 32.3 Å². The summed E-state index contributed by atoms with van der Waals surface area (Å²) in [6, 6.07) is 4.75. The number of aromatic nitrogens is 1. The van der Waals surface area contributed by atoms with Crippen molar-refractivity contribution in [1.82, 2.24) is 10.3 Å². The molecule has 0 aromatic carbocycles. The lowest BCUT2D eigenvalue weighted by Gasteiger charge is -2.33. The number of rotatable bonds is 4. The van der Waals surface area contributed by atoms with E-state index in [1.54, 1.807) is 0 Å². The Kier molecular flexibility index (Phi) is 4.59. The molecule has 1 N–H and O–H groups in total. The van der Waals surface area contributed by atoms with Crippen LogP contribution in [-0.2, 0) is 0 Å². The summed E-state index contributed by atoms with van der Waals surface area (Å²) in [5.41, 5.74) is 1.28. The highest BCUT2D eigenvalue weighted by molar-refractivity contribution is 5.41. The molecule has 0 aliphatic carbocycles.